The van der Waals surface area contributed by atoms with E-state index in [1.165, 1.54) is 12.5 Å². The average molecular weight is 301 g/mol. The fourth-order valence-electron chi connectivity index (χ4n) is 2.34. The van der Waals surface area contributed by atoms with Gasteiger partial charge in [0.25, 0.3) is 0 Å². The van der Waals surface area contributed by atoms with Crippen molar-refractivity contribution in [2.24, 2.45) is 0 Å². The molecule has 0 aliphatic carbocycles. The first kappa shape index (κ1) is 15.2. The maximum Gasteiger partial charge on any atom is 0.240 e. The van der Waals surface area contributed by atoms with Gasteiger partial charge in [0.1, 0.15) is 5.82 Å². The number of nitrogen functional groups attached to an aromatic ring is 1. The topological polar surface area (TPSA) is 75.4 Å². The highest BCUT2D eigenvalue weighted by atomic mass is 32.2. The van der Waals surface area contributed by atoms with E-state index in [4.69, 9.17) is 5.73 Å². The Morgan fingerprint density at radius 1 is 1.20 bits per heavy atom. The summed E-state index contributed by atoms with van der Waals surface area (Å²) in [7, 11) is -3.70. The molecule has 1 aromatic rings. The summed E-state index contributed by atoms with van der Waals surface area (Å²) >= 11 is 0. The molecule has 5 nitrogen and oxygen atoms in total. The molecule has 1 aliphatic rings. The molecule has 112 valence electrons. The molecule has 7 heteroatoms. The molecule has 0 amide bonds. The number of sulfonamides is 1. The second-order valence-electron chi connectivity index (χ2n) is 5.02. The van der Waals surface area contributed by atoms with Gasteiger partial charge in [0.2, 0.25) is 10.0 Å². The molecule has 0 spiro atoms. The number of nitrogens with one attached hydrogen (secondary N) is 1. The van der Waals surface area contributed by atoms with Crippen LogP contribution in [0.15, 0.2) is 23.1 Å². The van der Waals surface area contributed by atoms with Crippen LogP contribution in [0.3, 0.4) is 0 Å². The number of hydrogen-bond acceptors (Lipinski definition) is 4. The van der Waals surface area contributed by atoms with Crippen LogP contribution in [-0.2, 0) is 10.0 Å². The van der Waals surface area contributed by atoms with Gasteiger partial charge in [-0.1, -0.05) is 6.42 Å². The Morgan fingerprint density at radius 2 is 1.90 bits per heavy atom. The van der Waals surface area contributed by atoms with E-state index >= 15 is 0 Å². The summed E-state index contributed by atoms with van der Waals surface area (Å²) in [5.74, 6) is -0.651. The minimum absolute atomic E-state index is 0.0985. The second kappa shape index (κ2) is 6.51. The normalized spacial score (nSPS) is 17.2. The van der Waals surface area contributed by atoms with Gasteiger partial charge in [0.15, 0.2) is 0 Å². The monoisotopic (exact) mass is 301 g/mol. The first-order chi connectivity index (χ1) is 9.47. The second-order valence-corrected chi connectivity index (χ2v) is 6.79. The summed E-state index contributed by atoms with van der Waals surface area (Å²) in [6, 6.07) is 3.32. The highest BCUT2D eigenvalue weighted by Gasteiger charge is 2.16. The van der Waals surface area contributed by atoms with Crippen LogP contribution < -0.4 is 10.5 Å². The molecule has 2 rings (SSSR count). The Hall–Kier alpha value is -1.18. The third-order valence-electron chi connectivity index (χ3n) is 3.37. The van der Waals surface area contributed by atoms with Gasteiger partial charge in [-0.2, -0.15) is 0 Å². The van der Waals surface area contributed by atoms with E-state index in [9.17, 15) is 12.8 Å². The zero-order valence-electron chi connectivity index (χ0n) is 11.3. The molecule has 20 heavy (non-hydrogen) atoms. The van der Waals surface area contributed by atoms with Gasteiger partial charge < -0.3 is 10.6 Å². The largest absolute Gasteiger partial charge is 0.399 e. The van der Waals surface area contributed by atoms with Gasteiger partial charge in [-0.25, -0.2) is 17.5 Å². The zero-order valence-corrected chi connectivity index (χ0v) is 12.1. The van der Waals surface area contributed by atoms with Crippen molar-refractivity contribution in [2.45, 2.75) is 24.2 Å². The molecule has 0 radical (unpaired) electrons. The van der Waals surface area contributed by atoms with Crippen LogP contribution in [0.2, 0.25) is 0 Å². The average Bonchev–Trinajstić information content (AvgIpc) is 2.38. The molecule has 0 aromatic heterocycles. The lowest BCUT2D eigenvalue weighted by atomic mass is 10.1. The number of nitrogens with two attached hydrogens (primary N) is 1. The molecule has 0 bridgehead atoms. The summed E-state index contributed by atoms with van der Waals surface area (Å²) in [5, 5.41) is 0. The van der Waals surface area contributed by atoms with Crippen molar-refractivity contribution in [3.05, 3.63) is 24.0 Å². The van der Waals surface area contributed by atoms with E-state index < -0.39 is 15.8 Å². The number of rotatable bonds is 5. The van der Waals surface area contributed by atoms with E-state index in [1.807, 2.05) is 0 Å². The van der Waals surface area contributed by atoms with Crippen molar-refractivity contribution >= 4 is 15.7 Å². The number of anilines is 1. The standard InChI is InChI=1S/C13H20FN3O2S/c14-11-8-12(15)10-13(9-11)20(18,19)16-4-7-17-5-2-1-3-6-17/h8-10,16H,1-7,15H2. The van der Waals surface area contributed by atoms with Crippen LogP contribution in [0.5, 0.6) is 0 Å². The third kappa shape index (κ3) is 4.16. The lowest BCUT2D eigenvalue weighted by Gasteiger charge is -2.26. The highest BCUT2D eigenvalue weighted by molar-refractivity contribution is 7.89. The smallest absolute Gasteiger partial charge is 0.240 e. The van der Waals surface area contributed by atoms with Gasteiger partial charge in [-0.3, -0.25) is 0 Å². The summed E-state index contributed by atoms with van der Waals surface area (Å²) < 4.78 is 39.7. The molecule has 0 atom stereocenters. The van der Waals surface area contributed by atoms with Gasteiger partial charge in [0, 0.05) is 18.8 Å². The number of benzene rings is 1. The molecule has 1 aliphatic heterocycles. The lowest BCUT2D eigenvalue weighted by Crippen LogP contribution is -2.37. The molecule has 0 saturated carbocycles. The SMILES string of the molecule is Nc1cc(F)cc(S(=O)(=O)NCCN2CCCCC2)c1. The lowest BCUT2D eigenvalue weighted by molar-refractivity contribution is 0.233. The van der Waals surface area contributed by atoms with Crippen LogP contribution in [0.1, 0.15) is 19.3 Å². The summed E-state index contributed by atoms with van der Waals surface area (Å²) in [5.41, 5.74) is 5.56. The van der Waals surface area contributed by atoms with Crippen LogP contribution in [0.25, 0.3) is 0 Å². The van der Waals surface area contributed by atoms with Crippen molar-refractivity contribution in [1.29, 1.82) is 0 Å². The first-order valence-electron chi connectivity index (χ1n) is 6.75. The molecule has 1 aromatic carbocycles. The maximum absolute atomic E-state index is 13.2. The molecular weight excluding hydrogens is 281 g/mol. The van der Waals surface area contributed by atoms with Crippen molar-refractivity contribution in [3.8, 4) is 0 Å². The first-order valence-corrected chi connectivity index (χ1v) is 8.24. The van der Waals surface area contributed by atoms with Gasteiger partial charge in [0.05, 0.1) is 4.90 Å². The molecule has 3 N–H and O–H groups in total. The van der Waals surface area contributed by atoms with Gasteiger partial charge >= 0.3 is 0 Å². The summed E-state index contributed by atoms with van der Waals surface area (Å²) in [6.45, 7) is 3.01. The Balaban J connectivity index is 1.93. The summed E-state index contributed by atoms with van der Waals surface area (Å²) in [4.78, 5) is 2.10. The number of nitrogens with zero attached hydrogens (tertiary/aromatic N) is 1. The maximum atomic E-state index is 13.2. The van der Waals surface area contributed by atoms with Crippen molar-refractivity contribution in [2.75, 3.05) is 31.9 Å². The van der Waals surface area contributed by atoms with Gasteiger partial charge in [-0.15, -0.1) is 0 Å². The van der Waals surface area contributed by atoms with E-state index in [1.54, 1.807) is 0 Å². The van der Waals surface area contributed by atoms with Crippen LogP contribution >= 0.6 is 0 Å². The van der Waals surface area contributed by atoms with E-state index in [0.29, 0.717) is 13.1 Å². The minimum atomic E-state index is -3.70. The zero-order chi connectivity index (χ0) is 14.6. The highest BCUT2D eigenvalue weighted by Crippen LogP contribution is 2.15. The number of likely N-dealkylation sites (tertiary alicyclic amines) is 1. The fraction of sp³-hybridized carbons (Fsp3) is 0.538. The molecule has 1 heterocycles. The van der Waals surface area contributed by atoms with Crippen molar-refractivity contribution in [3.63, 3.8) is 0 Å². The van der Waals surface area contributed by atoms with Crippen LogP contribution in [0, 0.1) is 5.82 Å². The molecular formula is C13H20FN3O2S. The van der Waals surface area contributed by atoms with Crippen molar-refractivity contribution < 1.29 is 12.8 Å². The van der Waals surface area contributed by atoms with E-state index in [0.717, 1.165) is 38.1 Å². The Bertz CT molecular complexity index is 536. The Labute approximate surface area is 119 Å². The third-order valence-corrected chi connectivity index (χ3v) is 4.81. The quantitative estimate of drug-likeness (QED) is 0.801. The van der Waals surface area contributed by atoms with E-state index in [2.05, 4.69) is 9.62 Å². The number of hydrogen-bond donors (Lipinski definition) is 2. The molecule has 0 unspecified atom stereocenters. The van der Waals surface area contributed by atoms with E-state index in [-0.39, 0.29) is 10.6 Å². The minimum Gasteiger partial charge on any atom is -0.399 e. The Kier molecular flexibility index (Phi) is 4.95. The summed E-state index contributed by atoms with van der Waals surface area (Å²) in [6.07, 6.45) is 3.56. The number of piperidine rings is 1. The molecule has 1 fully saturated rings. The Morgan fingerprint density at radius 3 is 2.55 bits per heavy atom. The number of halogens is 1. The van der Waals surface area contributed by atoms with Crippen LogP contribution in [0.4, 0.5) is 10.1 Å². The van der Waals surface area contributed by atoms with Gasteiger partial charge in [-0.05, 0) is 44.1 Å². The van der Waals surface area contributed by atoms with Crippen LogP contribution in [-0.4, -0.2) is 39.5 Å². The fourth-order valence-corrected chi connectivity index (χ4v) is 3.43. The predicted octanol–water partition coefficient (Wildman–Crippen LogP) is 1.17. The van der Waals surface area contributed by atoms with Crippen molar-refractivity contribution in [1.82, 2.24) is 9.62 Å². The molecule has 1 saturated heterocycles. The predicted molar refractivity (Wildman–Crippen MR) is 76.3 cm³/mol.